The highest BCUT2D eigenvalue weighted by atomic mass is 35.5. The highest BCUT2D eigenvalue weighted by Gasteiger charge is 2.38. The number of halogens is 1. The first-order chi connectivity index (χ1) is 19.8. The quantitative estimate of drug-likeness (QED) is 0.271. The molecule has 0 amide bonds. The number of carbonyl (C=O) groups excluding carboxylic acids is 1. The Morgan fingerprint density at radius 1 is 1.05 bits per heavy atom. The van der Waals surface area contributed by atoms with E-state index in [1.54, 1.807) is 18.2 Å². The van der Waals surface area contributed by atoms with Crippen molar-refractivity contribution in [2.24, 2.45) is 11.8 Å². The van der Waals surface area contributed by atoms with E-state index in [4.69, 9.17) is 16.3 Å². The molecule has 8 nitrogen and oxygen atoms in total. The smallest absolute Gasteiger partial charge is 0.204 e. The molecule has 4 atom stereocenters. The number of aldehydes is 1. The lowest BCUT2D eigenvalue weighted by Gasteiger charge is -2.43. The third-order valence-electron chi connectivity index (χ3n) is 8.81. The molecule has 0 radical (unpaired) electrons. The summed E-state index contributed by atoms with van der Waals surface area (Å²) in [6.45, 7) is 1.55. The van der Waals surface area contributed by atoms with Gasteiger partial charge in [0.15, 0.2) is 11.9 Å². The van der Waals surface area contributed by atoms with Crippen LogP contribution in [0.15, 0.2) is 48.6 Å². The normalized spacial score (nSPS) is 28.8. The van der Waals surface area contributed by atoms with Crippen molar-refractivity contribution in [1.82, 2.24) is 4.31 Å². The number of aliphatic hydroxyl groups excluding tert-OH is 1. The van der Waals surface area contributed by atoms with E-state index in [1.807, 2.05) is 30.4 Å². The number of hydrogen-bond donors (Lipinski definition) is 3. The van der Waals surface area contributed by atoms with Gasteiger partial charge in [0, 0.05) is 24.7 Å². The Morgan fingerprint density at radius 2 is 1.90 bits per heavy atom. The van der Waals surface area contributed by atoms with Crippen LogP contribution in [0.4, 0.5) is 5.69 Å². The van der Waals surface area contributed by atoms with Crippen LogP contribution in [0.3, 0.4) is 0 Å². The molecule has 2 aliphatic heterocycles. The van der Waals surface area contributed by atoms with Gasteiger partial charge in [0.2, 0.25) is 10.9 Å². The number of rotatable bonds is 2. The molecule has 2 bridgehead atoms. The predicted molar refractivity (Wildman–Crippen MR) is 160 cm³/mol. The predicted octanol–water partition coefficient (Wildman–Crippen LogP) is 4.01. The van der Waals surface area contributed by atoms with Gasteiger partial charge in [-0.1, -0.05) is 35.9 Å². The number of hydrogen-bond acceptors (Lipinski definition) is 7. The monoisotopic (exact) mass is 602 g/mol. The van der Waals surface area contributed by atoms with Crippen molar-refractivity contribution in [3.8, 4) is 5.75 Å². The number of aryl methyl sites for hydroxylation is 1. The van der Waals surface area contributed by atoms with E-state index >= 15 is 0 Å². The number of thiol groups is 1. The van der Waals surface area contributed by atoms with Gasteiger partial charge < -0.3 is 19.8 Å². The average Bonchev–Trinajstić information content (AvgIpc) is 2.97. The molecule has 0 spiro atoms. The molecule has 3 aliphatic rings. The summed E-state index contributed by atoms with van der Waals surface area (Å²) in [6, 6.07) is 11.0. The Hall–Kier alpha value is -2.43. The molecule has 1 aliphatic carbocycles. The van der Waals surface area contributed by atoms with Gasteiger partial charge in [0.05, 0.1) is 18.3 Å². The molecule has 10 heteroatoms. The molecule has 2 heterocycles. The number of ether oxygens (including phenoxy) is 1. The molecular weight excluding hydrogens is 564 g/mol. The second-order valence-corrected chi connectivity index (χ2v) is 13.0. The van der Waals surface area contributed by atoms with Crippen molar-refractivity contribution in [3.63, 3.8) is 0 Å². The zero-order chi connectivity index (χ0) is 29.0. The molecule has 0 aromatic heterocycles. The van der Waals surface area contributed by atoms with Crippen molar-refractivity contribution < 1.29 is 28.2 Å². The lowest BCUT2D eigenvalue weighted by atomic mass is 9.70. The number of carbonyl (C=O) groups is 1. The van der Waals surface area contributed by atoms with Gasteiger partial charge in [-0.15, -0.1) is 0 Å². The highest BCUT2D eigenvalue weighted by Crippen LogP contribution is 2.41. The van der Waals surface area contributed by atoms with Crippen LogP contribution in [-0.4, -0.2) is 61.5 Å². The van der Waals surface area contributed by atoms with Gasteiger partial charge in [0.25, 0.3) is 0 Å². The minimum Gasteiger partial charge on any atom is -0.487 e. The van der Waals surface area contributed by atoms with Gasteiger partial charge in [-0.3, -0.25) is 4.79 Å². The van der Waals surface area contributed by atoms with Gasteiger partial charge in [0.1, 0.15) is 12.4 Å². The molecule has 2 aromatic carbocycles. The van der Waals surface area contributed by atoms with E-state index in [0.717, 1.165) is 59.8 Å². The second kappa shape index (κ2) is 13.3. The molecule has 2 aromatic rings. The van der Waals surface area contributed by atoms with Crippen molar-refractivity contribution in [3.05, 3.63) is 70.3 Å². The average molecular weight is 603 g/mol. The molecule has 1 saturated carbocycles. The van der Waals surface area contributed by atoms with Crippen molar-refractivity contribution in [1.29, 1.82) is 0 Å². The van der Waals surface area contributed by atoms with Crippen LogP contribution in [0.1, 0.15) is 55.2 Å². The first-order valence-electron chi connectivity index (χ1n) is 14.5. The Balaban J connectivity index is 1.57. The Bertz CT molecular complexity index is 1340. The number of aliphatic hydroxyl groups is 2. The number of β-amino-alcohol motifs (C(OH)–C–C–N with tert-alkyl or cyclic N) is 1. The van der Waals surface area contributed by atoms with Crippen LogP contribution in [-0.2, 0) is 34.3 Å². The zero-order valence-electron chi connectivity index (χ0n) is 23.2. The maximum absolute atomic E-state index is 12.4. The number of anilines is 1. The molecule has 0 saturated heterocycles. The fourth-order valence-electron chi connectivity index (χ4n) is 6.23. The molecule has 41 heavy (non-hydrogen) atoms. The summed E-state index contributed by atoms with van der Waals surface area (Å²) < 4.78 is 31.7. The van der Waals surface area contributed by atoms with Crippen molar-refractivity contribution >= 4 is 34.5 Å². The maximum atomic E-state index is 12.4. The fraction of sp³-hybridized carbons (Fsp3) is 0.516. The Labute approximate surface area is 248 Å². The van der Waals surface area contributed by atoms with Crippen molar-refractivity contribution in [2.75, 3.05) is 31.1 Å². The van der Waals surface area contributed by atoms with Crippen LogP contribution in [0.25, 0.3) is 0 Å². The summed E-state index contributed by atoms with van der Waals surface area (Å²) in [7, 11) is -3.02. The lowest BCUT2D eigenvalue weighted by molar-refractivity contribution is -0.125. The van der Waals surface area contributed by atoms with Crippen LogP contribution in [0.2, 0.25) is 5.02 Å². The first-order valence-corrected chi connectivity index (χ1v) is 16.0. The fourth-order valence-corrected chi connectivity index (χ4v) is 7.06. The summed E-state index contributed by atoms with van der Waals surface area (Å²) in [5, 5.41) is 23.1. The first kappa shape index (κ1) is 30.0. The summed E-state index contributed by atoms with van der Waals surface area (Å²) in [6.07, 6.45) is 9.37. The van der Waals surface area contributed by atoms with E-state index in [9.17, 15) is 23.4 Å². The van der Waals surface area contributed by atoms with Crippen molar-refractivity contribution in [2.45, 2.75) is 63.3 Å². The zero-order valence-corrected chi connectivity index (χ0v) is 24.8. The van der Waals surface area contributed by atoms with Crippen LogP contribution in [0.5, 0.6) is 5.75 Å². The van der Waals surface area contributed by atoms with Gasteiger partial charge in [-0.05, 0) is 97.7 Å². The van der Waals surface area contributed by atoms with E-state index in [1.165, 1.54) is 0 Å². The van der Waals surface area contributed by atoms with Crippen LogP contribution < -0.4 is 9.64 Å². The SMILES string of the molecule is O=C[C@]1(O)CN([SH](=O)=O)CCC/C=C/[C@H](O)[C@@H]2CC[C@H]2CN2CCCCc3cc(Cl)ccc3COc3ccc1cc32. The van der Waals surface area contributed by atoms with E-state index < -0.39 is 22.6 Å². The van der Waals surface area contributed by atoms with Gasteiger partial charge in [-0.25, -0.2) is 12.7 Å². The molecule has 222 valence electrons. The Kier molecular flexibility index (Phi) is 9.71. The van der Waals surface area contributed by atoms with Gasteiger partial charge in [-0.2, -0.15) is 0 Å². The summed E-state index contributed by atoms with van der Waals surface area (Å²) >= 11 is 6.30. The largest absolute Gasteiger partial charge is 0.487 e. The number of nitrogens with zero attached hydrogens (tertiary/aromatic N) is 2. The standard InChI is InChI=1S/C31H39ClN2O6S/c32-26-11-8-24-19-40-30-13-10-25-17-28(30)33(14-5-3-6-22(24)16-26)18-23-9-12-27(23)29(36)7-2-1-4-15-34(41(38)39)20-31(25,37)21-35/h2,7-8,10-11,13,16-17,21,23,27,29,36-37,41H,1,3-6,9,12,14-15,18-20H2/b7-2+/t23-,27+,29-,31+/m0/s1. The third-order valence-corrected chi connectivity index (χ3v) is 9.85. The minimum absolute atomic E-state index is 0.135. The van der Waals surface area contributed by atoms with E-state index in [-0.39, 0.29) is 24.9 Å². The maximum Gasteiger partial charge on any atom is 0.204 e. The Morgan fingerprint density at radius 3 is 2.66 bits per heavy atom. The lowest BCUT2D eigenvalue weighted by Crippen LogP contribution is -2.44. The molecule has 2 N–H and O–H groups in total. The number of benzene rings is 2. The van der Waals surface area contributed by atoms with Gasteiger partial charge >= 0.3 is 0 Å². The number of fused-ring (bicyclic) bond motifs is 3. The molecule has 5 rings (SSSR count). The summed E-state index contributed by atoms with van der Waals surface area (Å²) in [5.41, 5.74) is 1.27. The third kappa shape index (κ3) is 6.97. The molecular formula is C31H39ClN2O6S. The molecule has 0 unspecified atom stereocenters. The van der Waals surface area contributed by atoms with E-state index in [2.05, 4.69) is 4.90 Å². The van der Waals surface area contributed by atoms with E-state index in [0.29, 0.717) is 48.6 Å². The summed E-state index contributed by atoms with van der Waals surface area (Å²) in [5.74, 6) is 1.04. The van der Waals surface area contributed by atoms with Crippen LogP contribution in [0, 0.1) is 11.8 Å². The molecule has 1 fully saturated rings. The summed E-state index contributed by atoms with van der Waals surface area (Å²) in [4.78, 5) is 14.6. The van der Waals surface area contributed by atoms with Crippen LogP contribution >= 0.6 is 11.6 Å². The minimum atomic E-state index is -3.02. The second-order valence-electron chi connectivity index (χ2n) is 11.5. The highest BCUT2D eigenvalue weighted by molar-refractivity contribution is 7.69. The number of allylic oxidation sites excluding steroid dienone is 1. The topological polar surface area (TPSA) is 107 Å².